The molecule has 4 heteroatoms. The smallest absolute Gasteiger partial charge is 0.222 e. The van der Waals surface area contributed by atoms with E-state index in [0.29, 0.717) is 18.2 Å². The molecule has 2 aliphatic rings. The lowest BCUT2D eigenvalue weighted by atomic mass is 9.83. The van der Waals surface area contributed by atoms with Gasteiger partial charge in [-0.05, 0) is 31.1 Å². The number of hydrogen-bond acceptors (Lipinski definition) is 2. The molecule has 3 unspecified atom stereocenters. The first-order chi connectivity index (χ1) is 8.20. The number of halogens is 1. The second kappa shape index (κ2) is 7.34. The molecule has 0 bridgehead atoms. The quantitative estimate of drug-likeness (QED) is 0.860. The summed E-state index contributed by atoms with van der Waals surface area (Å²) in [7, 11) is 0. The van der Waals surface area contributed by atoms with Crippen molar-refractivity contribution >= 4 is 18.3 Å². The highest BCUT2D eigenvalue weighted by Gasteiger charge is 2.29. The molecule has 3 atom stereocenters. The van der Waals surface area contributed by atoms with Gasteiger partial charge in [0.15, 0.2) is 0 Å². The van der Waals surface area contributed by atoms with E-state index in [-0.39, 0.29) is 18.4 Å². The summed E-state index contributed by atoms with van der Waals surface area (Å²) in [4.78, 5) is 14.3. The van der Waals surface area contributed by atoms with E-state index in [1.54, 1.807) is 0 Å². The number of carbonyl (C=O) groups is 1. The van der Waals surface area contributed by atoms with Gasteiger partial charge in [0.05, 0.1) is 0 Å². The predicted molar refractivity (Wildman–Crippen MR) is 76.8 cm³/mol. The monoisotopic (exact) mass is 274 g/mol. The highest BCUT2D eigenvalue weighted by molar-refractivity contribution is 5.85. The maximum Gasteiger partial charge on any atom is 0.222 e. The summed E-state index contributed by atoms with van der Waals surface area (Å²) in [5, 5.41) is 0. The first kappa shape index (κ1) is 15.8. The van der Waals surface area contributed by atoms with Crippen molar-refractivity contribution in [1.82, 2.24) is 4.90 Å². The van der Waals surface area contributed by atoms with Crippen LogP contribution >= 0.6 is 12.4 Å². The van der Waals surface area contributed by atoms with Crippen molar-refractivity contribution in [2.24, 2.45) is 17.6 Å². The normalized spacial score (nSPS) is 32.1. The number of amides is 1. The summed E-state index contributed by atoms with van der Waals surface area (Å²) >= 11 is 0. The number of rotatable bonds is 3. The molecule has 0 aromatic carbocycles. The van der Waals surface area contributed by atoms with Crippen LogP contribution in [0.2, 0.25) is 0 Å². The van der Waals surface area contributed by atoms with E-state index in [1.165, 1.54) is 25.7 Å². The Bertz CT molecular complexity index is 273. The van der Waals surface area contributed by atoms with E-state index < -0.39 is 0 Å². The lowest BCUT2D eigenvalue weighted by Crippen LogP contribution is -2.38. The Balaban J connectivity index is 0.00000162. The summed E-state index contributed by atoms with van der Waals surface area (Å²) in [6.07, 6.45) is 7.84. The van der Waals surface area contributed by atoms with Crippen LogP contribution in [-0.2, 0) is 4.79 Å². The number of likely N-dealkylation sites (tertiary alicyclic amines) is 1. The van der Waals surface area contributed by atoms with Crippen molar-refractivity contribution in [1.29, 1.82) is 0 Å². The van der Waals surface area contributed by atoms with Crippen LogP contribution < -0.4 is 5.73 Å². The molecule has 0 radical (unpaired) electrons. The Morgan fingerprint density at radius 3 is 2.61 bits per heavy atom. The Labute approximate surface area is 117 Å². The van der Waals surface area contributed by atoms with E-state index in [4.69, 9.17) is 5.73 Å². The van der Waals surface area contributed by atoms with Crippen molar-refractivity contribution in [2.75, 3.05) is 13.1 Å². The molecule has 2 rings (SSSR count). The van der Waals surface area contributed by atoms with Crippen molar-refractivity contribution in [3.63, 3.8) is 0 Å². The Morgan fingerprint density at radius 1 is 1.28 bits per heavy atom. The van der Waals surface area contributed by atoms with Crippen LogP contribution in [0.15, 0.2) is 0 Å². The van der Waals surface area contributed by atoms with E-state index >= 15 is 0 Å². The third-order valence-corrected chi connectivity index (χ3v) is 4.62. The Hall–Kier alpha value is -0.280. The van der Waals surface area contributed by atoms with Crippen LogP contribution in [0.1, 0.15) is 51.9 Å². The van der Waals surface area contributed by atoms with Crippen LogP contribution in [0.5, 0.6) is 0 Å². The van der Waals surface area contributed by atoms with Gasteiger partial charge < -0.3 is 10.6 Å². The van der Waals surface area contributed by atoms with Crippen molar-refractivity contribution in [3.8, 4) is 0 Å². The van der Waals surface area contributed by atoms with E-state index in [1.807, 2.05) is 0 Å². The molecule has 2 fully saturated rings. The standard InChI is InChI=1S/C14H26N2O.ClH/c1-2-11-7-8-16(10-11)14(17)9-12-5-3-4-6-13(12)15;/h11-13H,2-10,15H2,1H3;1H. The molecule has 0 aromatic rings. The van der Waals surface area contributed by atoms with Crippen molar-refractivity contribution in [2.45, 2.75) is 57.9 Å². The van der Waals surface area contributed by atoms with Crippen LogP contribution in [0.4, 0.5) is 0 Å². The van der Waals surface area contributed by atoms with Crippen LogP contribution in [0.3, 0.4) is 0 Å². The van der Waals surface area contributed by atoms with Gasteiger partial charge in [0.1, 0.15) is 0 Å². The van der Waals surface area contributed by atoms with Crippen molar-refractivity contribution in [3.05, 3.63) is 0 Å². The number of nitrogens with two attached hydrogens (primary N) is 1. The second-order valence-corrected chi connectivity index (χ2v) is 5.82. The SMILES string of the molecule is CCC1CCN(C(=O)CC2CCCCC2N)C1.Cl. The zero-order chi connectivity index (χ0) is 12.3. The molecule has 1 aliphatic heterocycles. The fourth-order valence-electron chi connectivity index (χ4n) is 3.24. The zero-order valence-corrected chi connectivity index (χ0v) is 12.3. The van der Waals surface area contributed by atoms with Gasteiger partial charge in [-0.25, -0.2) is 0 Å². The summed E-state index contributed by atoms with van der Waals surface area (Å²) in [6.45, 7) is 4.17. The predicted octanol–water partition coefficient (Wildman–Crippen LogP) is 2.57. The Kier molecular flexibility index (Phi) is 6.44. The molecular weight excluding hydrogens is 248 g/mol. The molecule has 1 aliphatic carbocycles. The molecule has 0 aromatic heterocycles. The largest absolute Gasteiger partial charge is 0.342 e. The molecular formula is C14H27ClN2O. The van der Waals surface area contributed by atoms with Gasteiger partial charge in [0, 0.05) is 25.6 Å². The van der Waals surface area contributed by atoms with Crippen LogP contribution in [0, 0.1) is 11.8 Å². The highest BCUT2D eigenvalue weighted by Crippen LogP contribution is 2.27. The van der Waals surface area contributed by atoms with Gasteiger partial charge in [-0.1, -0.05) is 26.2 Å². The minimum atomic E-state index is 0. The molecule has 2 N–H and O–H groups in total. The third-order valence-electron chi connectivity index (χ3n) is 4.62. The fourth-order valence-corrected chi connectivity index (χ4v) is 3.24. The van der Waals surface area contributed by atoms with Crippen LogP contribution in [-0.4, -0.2) is 29.9 Å². The molecule has 1 saturated carbocycles. The van der Waals surface area contributed by atoms with Gasteiger partial charge in [-0.3, -0.25) is 4.79 Å². The number of nitrogens with zero attached hydrogens (tertiary/aromatic N) is 1. The molecule has 1 heterocycles. The lowest BCUT2D eigenvalue weighted by molar-refractivity contribution is -0.131. The summed E-state index contributed by atoms with van der Waals surface area (Å²) < 4.78 is 0. The maximum absolute atomic E-state index is 12.2. The molecule has 106 valence electrons. The van der Waals surface area contributed by atoms with Crippen LogP contribution in [0.25, 0.3) is 0 Å². The Morgan fingerprint density at radius 2 is 2.00 bits per heavy atom. The molecule has 3 nitrogen and oxygen atoms in total. The third kappa shape index (κ3) is 3.86. The second-order valence-electron chi connectivity index (χ2n) is 5.82. The highest BCUT2D eigenvalue weighted by atomic mass is 35.5. The summed E-state index contributed by atoms with van der Waals surface area (Å²) in [5.74, 6) is 1.53. The molecule has 1 amide bonds. The summed E-state index contributed by atoms with van der Waals surface area (Å²) in [6, 6.07) is 0.261. The van der Waals surface area contributed by atoms with Gasteiger partial charge in [0.25, 0.3) is 0 Å². The lowest BCUT2D eigenvalue weighted by Gasteiger charge is -2.29. The van der Waals surface area contributed by atoms with Gasteiger partial charge in [0.2, 0.25) is 5.91 Å². The first-order valence-electron chi connectivity index (χ1n) is 7.24. The number of carbonyl (C=O) groups excluding carboxylic acids is 1. The van der Waals surface area contributed by atoms with Gasteiger partial charge >= 0.3 is 0 Å². The van der Waals surface area contributed by atoms with Crippen molar-refractivity contribution < 1.29 is 4.79 Å². The summed E-state index contributed by atoms with van der Waals surface area (Å²) in [5.41, 5.74) is 6.11. The van der Waals surface area contributed by atoms with E-state index in [2.05, 4.69) is 11.8 Å². The van der Waals surface area contributed by atoms with Gasteiger partial charge in [-0.15, -0.1) is 12.4 Å². The average molecular weight is 275 g/mol. The molecule has 18 heavy (non-hydrogen) atoms. The molecule has 0 spiro atoms. The zero-order valence-electron chi connectivity index (χ0n) is 11.4. The fraction of sp³-hybridized carbons (Fsp3) is 0.929. The van der Waals surface area contributed by atoms with Gasteiger partial charge in [-0.2, -0.15) is 0 Å². The topological polar surface area (TPSA) is 46.3 Å². The van der Waals surface area contributed by atoms with E-state index in [0.717, 1.165) is 31.8 Å². The van der Waals surface area contributed by atoms with E-state index in [9.17, 15) is 4.79 Å². The first-order valence-corrected chi connectivity index (χ1v) is 7.24. The molecule has 1 saturated heterocycles. The minimum absolute atomic E-state index is 0. The average Bonchev–Trinajstić information content (AvgIpc) is 2.81. The number of hydrogen-bond donors (Lipinski definition) is 1. The minimum Gasteiger partial charge on any atom is -0.342 e. The maximum atomic E-state index is 12.2.